The molecule has 0 bridgehead atoms. The van der Waals surface area contributed by atoms with Crippen LogP contribution in [0, 0.1) is 17.0 Å². The van der Waals surface area contributed by atoms with Gasteiger partial charge in [-0.2, -0.15) is 0 Å². The van der Waals surface area contributed by atoms with Crippen molar-refractivity contribution in [1.29, 1.82) is 0 Å². The Bertz CT molecular complexity index is 743. The Balaban J connectivity index is 1.87. The molecule has 0 unspecified atom stereocenters. The maximum absolute atomic E-state index is 11.3. The minimum atomic E-state index is -0.324. The minimum Gasteiger partial charge on any atom is -0.355 e. The van der Waals surface area contributed by atoms with E-state index in [1.165, 1.54) is 0 Å². The third-order valence-corrected chi connectivity index (χ3v) is 5.01. The Kier molecular flexibility index (Phi) is 5.56. The number of nitro benzene ring substituents is 1. The maximum atomic E-state index is 11.3. The Labute approximate surface area is 154 Å². The average Bonchev–Trinajstić information content (AvgIpc) is 2.62. The number of piperidine rings is 1. The molecule has 1 atom stereocenters. The maximum Gasteiger partial charge on any atom is 0.274 e. The number of allylic oxidation sites excluding steroid dienone is 1. The molecule has 2 aliphatic rings. The molecule has 2 N–H and O–H groups in total. The lowest BCUT2D eigenvalue weighted by Gasteiger charge is -2.36. The van der Waals surface area contributed by atoms with Crippen LogP contribution in [0.5, 0.6) is 0 Å². The summed E-state index contributed by atoms with van der Waals surface area (Å²) in [6, 6.07) is 5.59. The second-order valence-corrected chi connectivity index (χ2v) is 7.05. The normalized spacial score (nSPS) is 20.7. The van der Waals surface area contributed by atoms with Gasteiger partial charge in [0.05, 0.1) is 4.92 Å². The molecule has 1 aromatic rings. The molecule has 1 fully saturated rings. The quantitative estimate of drug-likeness (QED) is 0.660. The largest absolute Gasteiger partial charge is 0.355 e. The van der Waals surface area contributed by atoms with E-state index in [-0.39, 0.29) is 16.7 Å². The third kappa shape index (κ3) is 3.88. The van der Waals surface area contributed by atoms with Gasteiger partial charge < -0.3 is 15.5 Å². The van der Waals surface area contributed by atoms with E-state index in [1.807, 2.05) is 6.07 Å². The van der Waals surface area contributed by atoms with E-state index in [9.17, 15) is 10.1 Å². The molecule has 7 nitrogen and oxygen atoms in total. The van der Waals surface area contributed by atoms with Gasteiger partial charge in [-0.25, -0.2) is 4.99 Å². The van der Waals surface area contributed by atoms with Crippen molar-refractivity contribution < 1.29 is 4.92 Å². The molecule has 1 aromatic carbocycles. The lowest BCUT2D eigenvalue weighted by Crippen LogP contribution is -2.46. The number of amidine groups is 1. The summed E-state index contributed by atoms with van der Waals surface area (Å²) < 4.78 is 0. The zero-order valence-electron chi connectivity index (χ0n) is 15.5. The highest BCUT2D eigenvalue weighted by atomic mass is 16.6. The summed E-state index contributed by atoms with van der Waals surface area (Å²) in [6.45, 7) is 6.20. The van der Waals surface area contributed by atoms with E-state index in [2.05, 4.69) is 22.8 Å². The Morgan fingerprint density at radius 3 is 2.92 bits per heavy atom. The highest BCUT2D eigenvalue weighted by Crippen LogP contribution is 2.30. The first-order valence-corrected chi connectivity index (χ1v) is 9.27. The van der Waals surface area contributed by atoms with Crippen molar-refractivity contribution in [3.63, 3.8) is 0 Å². The Morgan fingerprint density at radius 2 is 2.23 bits per heavy atom. The Hall–Kier alpha value is -2.41. The van der Waals surface area contributed by atoms with Crippen LogP contribution in [-0.4, -0.2) is 41.5 Å². The molecule has 2 aliphatic heterocycles. The van der Waals surface area contributed by atoms with Crippen LogP contribution in [-0.2, 0) is 0 Å². The molecule has 0 saturated carbocycles. The SMILES string of the molecule is CCCC1=CC(N2CCC[C@@H](N)C2)=NCN1c1ccc(C)c([N+](=O)[O-])c1. The van der Waals surface area contributed by atoms with Gasteiger partial charge in [-0.05, 0) is 38.3 Å². The van der Waals surface area contributed by atoms with Crippen LogP contribution in [0.2, 0.25) is 0 Å². The third-order valence-electron chi connectivity index (χ3n) is 5.01. The number of aryl methyl sites for hydroxylation is 1. The molecule has 2 heterocycles. The monoisotopic (exact) mass is 357 g/mol. The summed E-state index contributed by atoms with van der Waals surface area (Å²) in [7, 11) is 0. The fourth-order valence-corrected chi connectivity index (χ4v) is 3.59. The molecule has 0 aliphatic carbocycles. The molecule has 1 saturated heterocycles. The van der Waals surface area contributed by atoms with Crippen LogP contribution < -0.4 is 10.6 Å². The summed E-state index contributed by atoms with van der Waals surface area (Å²) >= 11 is 0. The molecule has 0 aromatic heterocycles. The van der Waals surface area contributed by atoms with Gasteiger partial charge in [0.2, 0.25) is 0 Å². The molecule has 140 valence electrons. The number of hydrogen-bond donors (Lipinski definition) is 1. The van der Waals surface area contributed by atoms with Crippen LogP contribution in [0.1, 0.15) is 38.2 Å². The fraction of sp³-hybridized carbons (Fsp3) is 0.526. The number of likely N-dealkylation sites (tertiary alicyclic amines) is 1. The number of rotatable bonds is 4. The van der Waals surface area contributed by atoms with Crippen molar-refractivity contribution in [3.05, 3.63) is 45.6 Å². The van der Waals surface area contributed by atoms with Gasteiger partial charge in [0.1, 0.15) is 12.5 Å². The lowest BCUT2D eigenvalue weighted by molar-refractivity contribution is -0.385. The summed E-state index contributed by atoms with van der Waals surface area (Å²) in [5, 5.41) is 11.3. The van der Waals surface area contributed by atoms with E-state index in [0.717, 1.165) is 56.0 Å². The van der Waals surface area contributed by atoms with Crippen LogP contribution in [0.4, 0.5) is 11.4 Å². The van der Waals surface area contributed by atoms with E-state index in [4.69, 9.17) is 10.7 Å². The van der Waals surface area contributed by atoms with Crippen molar-refractivity contribution in [3.8, 4) is 0 Å². The first-order valence-electron chi connectivity index (χ1n) is 9.27. The predicted octanol–water partition coefficient (Wildman–Crippen LogP) is 3.19. The smallest absolute Gasteiger partial charge is 0.274 e. The van der Waals surface area contributed by atoms with E-state index < -0.39 is 0 Å². The van der Waals surface area contributed by atoms with Crippen molar-refractivity contribution in [1.82, 2.24) is 4.90 Å². The summed E-state index contributed by atoms with van der Waals surface area (Å²) in [4.78, 5) is 20.0. The number of benzene rings is 1. The van der Waals surface area contributed by atoms with Gasteiger partial charge in [0.15, 0.2) is 0 Å². The van der Waals surface area contributed by atoms with Crippen LogP contribution in [0.3, 0.4) is 0 Å². The average molecular weight is 357 g/mol. The number of nitrogens with zero attached hydrogens (tertiary/aromatic N) is 4. The van der Waals surface area contributed by atoms with E-state index >= 15 is 0 Å². The van der Waals surface area contributed by atoms with Gasteiger partial charge in [0, 0.05) is 42.1 Å². The van der Waals surface area contributed by atoms with E-state index in [0.29, 0.717) is 12.2 Å². The second-order valence-electron chi connectivity index (χ2n) is 7.05. The number of anilines is 1. The first kappa shape index (κ1) is 18.4. The van der Waals surface area contributed by atoms with Crippen molar-refractivity contribution in [2.45, 2.75) is 45.6 Å². The Morgan fingerprint density at radius 1 is 1.42 bits per heavy atom. The lowest BCUT2D eigenvalue weighted by atomic mass is 10.1. The minimum absolute atomic E-state index is 0.148. The van der Waals surface area contributed by atoms with Gasteiger partial charge in [-0.15, -0.1) is 0 Å². The fourth-order valence-electron chi connectivity index (χ4n) is 3.59. The highest BCUT2D eigenvalue weighted by Gasteiger charge is 2.24. The zero-order valence-corrected chi connectivity index (χ0v) is 15.5. The number of nitro groups is 1. The van der Waals surface area contributed by atoms with Crippen LogP contribution in [0.25, 0.3) is 0 Å². The molecular formula is C19H27N5O2. The van der Waals surface area contributed by atoms with Crippen molar-refractivity contribution in [2.75, 3.05) is 24.7 Å². The first-order chi connectivity index (χ1) is 12.5. The standard InChI is InChI=1S/C19H27N5O2/c1-3-5-16-11-19(22-9-4-6-15(20)12-22)21-13-23(16)17-8-7-14(2)18(10-17)24(25)26/h7-8,10-11,15H,3-6,9,12-13,20H2,1-2H3/t15-/m1/s1. The summed E-state index contributed by atoms with van der Waals surface area (Å²) in [5.41, 5.74) is 8.90. The second kappa shape index (κ2) is 7.86. The molecular weight excluding hydrogens is 330 g/mol. The van der Waals surface area contributed by atoms with Crippen LogP contribution in [0.15, 0.2) is 35.0 Å². The van der Waals surface area contributed by atoms with Gasteiger partial charge in [0.25, 0.3) is 5.69 Å². The van der Waals surface area contributed by atoms with Crippen LogP contribution >= 0.6 is 0 Å². The van der Waals surface area contributed by atoms with Gasteiger partial charge in [-0.3, -0.25) is 10.1 Å². The molecule has 3 rings (SSSR count). The summed E-state index contributed by atoms with van der Waals surface area (Å²) in [6.07, 6.45) is 6.18. The molecule has 7 heteroatoms. The molecule has 0 radical (unpaired) electrons. The topological polar surface area (TPSA) is 88.0 Å². The molecule has 0 spiro atoms. The number of hydrogen-bond acceptors (Lipinski definition) is 6. The van der Waals surface area contributed by atoms with E-state index in [1.54, 1.807) is 19.1 Å². The highest BCUT2D eigenvalue weighted by molar-refractivity contribution is 5.95. The molecule has 26 heavy (non-hydrogen) atoms. The number of nitrogens with two attached hydrogens (primary N) is 1. The molecule has 0 amide bonds. The van der Waals surface area contributed by atoms with Gasteiger partial charge in [-0.1, -0.05) is 19.4 Å². The van der Waals surface area contributed by atoms with Crippen molar-refractivity contribution >= 4 is 17.2 Å². The number of aliphatic imine (C=N–C) groups is 1. The predicted molar refractivity (Wildman–Crippen MR) is 104 cm³/mol. The zero-order chi connectivity index (χ0) is 18.7. The van der Waals surface area contributed by atoms with Crippen molar-refractivity contribution in [2.24, 2.45) is 10.7 Å². The summed E-state index contributed by atoms with van der Waals surface area (Å²) in [5.74, 6) is 0.987. The van der Waals surface area contributed by atoms with Gasteiger partial charge >= 0.3 is 0 Å².